The standard InChI is InChI=1S/C4H7NO.C2H4O/c1-2-3-4-5-6;1-2-3/h2,4,6H,1,3H2;2H,1H3. The second-order valence-corrected chi connectivity index (χ2v) is 1.06. The van der Waals surface area contributed by atoms with Crippen molar-refractivity contribution >= 4 is 12.5 Å². The lowest BCUT2D eigenvalue weighted by Gasteiger charge is -1.68. The topological polar surface area (TPSA) is 49.7 Å². The van der Waals surface area contributed by atoms with Crippen LogP contribution >= 0.6 is 0 Å². The number of allylic oxidation sites excluding steroid dienone is 1. The monoisotopic (exact) mass is 129 g/mol. The summed E-state index contributed by atoms with van der Waals surface area (Å²) in [7, 11) is 0. The highest BCUT2D eigenvalue weighted by Gasteiger charge is 1.60. The van der Waals surface area contributed by atoms with Crippen LogP contribution in [0.25, 0.3) is 0 Å². The molecule has 52 valence electrons. The minimum Gasteiger partial charge on any atom is -0.411 e. The van der Waals surface area contributed by atoms with Crippen molar-refractivity contribution in [3.63, 3.8) is 0 Å². The number of carbonyl (C=O) groups is 1. The molecule has 0 aromatic carbocycles. The maximum absolute atomic E-state index is 8.81. The summed E-state index contributed by atoms with van der Waals surface area (Å²) in [5.74, 6) is 0. The van der Waals surface area contributed by atoms with Gasteiger partial charge in [0.25, 0.3) is 0 Å². The van der Waals surface area contributed by atoms with E-state index in [9.17, 15) is 0 Å². The van der Waals surface area contributed by atoms with Gasteiger partial charge < -0.3 is 10.0 Å². The fourth-order valence-electron chi connectivity index (χ4n) is 0.122. The van der Waals surface area contributed by atoms with E-state index in [1.54, 1.807) is 6.08 Å². The molecule has 0 fully saturated rings. The molecule has 1 N–H and O–H groups in total. The Bertz CT molecular complexity index is 89.1. The van der Waals surface area contributed by atoms with Crippen LogP contribution in [0.2, 0.25) is 0 Å². The van der Waals surface area contributed by atoms with Gasteiger partial charge in [0.2, 0.25) is 0 Å². The summed E-state index contributed by atoms with van der Waals surface area (Å²) in [4.78, 5) is 8.81. The summed E-state index contributed by atoms with van der Waals surface area (Å²) in [5, 5.41) is 10.4. The third kappa shape index (κ3) is 46.4. The zero-order valence-corrected chi connectivity index (χ0v) is 5.45. The lowest BCUT2D eigenvalue weighted by Crippen LogP contribution is -1.64. The molecule has 0 amide bonds. The van der Waals surface area contributed by atoms with Crippen LogP contribution in [0.5, 0.6) is 0 Å². The molecule has 0 aliphatic carbocycles. The van der Waals surface area contributed by atoms with Crippen LogP contribution in [0.15, 0.2) is 17.8 Å². The van der Waals surface area contributed by atoms with Crippen molar-refractivity contribution in [2.75, 3.05) is 0 Å². The predicted octanol–water partition coefficient (Wildman–Crippen LogP) is 1.23. The molecule has 3 nitrogen and oxygen atoms in total. The van der Waals surface area contributed by atoms with Gasteiger partial charge in [0.1, 0.15) is 6.29 Å². The molecule has 0 radical (unpaired) electrons. The molecule has 0 aliphatic rings. The molecule has 0 rings (SSSR count). The molecule has 0 aliphatic heterocycles. The fourth-order valence-corrected chi connectivity index (χ4v) is 0.122. The molecule has 0 spiro atoms. The predicted molar refractivity (Wildman–Crippen MR) is 36.8 cm³/mol. The highest BCUT2D eigenvalue weighted by Crippen LogP contribution is 1.68. The van der Waals surface area contributed by atoms with Crippen molar-refractivity contribution < 1.29 is 10.0 Å². The van der Waals surface area contributed by atoms with E-state index < -0.39 is 0 Å². The van der Waals surface area contributed by atoms with E-state index in [1.807, 2.05) is 0 Å². The Balaban J connectivity index is 0. The summed E-state index contributed by atoms with van der Waals surface area (Å²) in [6.07, 6.45) is 4.41. The van der Waals surface area contributed by atoms with Gasteiger partial charge in [-0.3, -0.25) is 0 Å². The van der Waals surface area contributed by atoms with Gasteiger partial charge in [0.15, 0.2) is 0 Å². The molecule has 0 saturated carbocycles. The first-order valence-electron chi connectivity index (χ1n) is 2.50. The van der Waals surface area contributed by atoms with Crippen molar-refractivity contribution in [1.29, 1.82) is 0 Å². The normalized spacial score (nSPS) is 7.67. The van der Waals surface area contributed by atoms with E-state index in [2.05, 4.69) is 11.7 Å². The maximum Gasteiger partial charge on any atom is 0.116 e. The minimum absolute atomic E-state index is 0.635. The number of carbonyl (C=O) groups excluding carboxylic acids is 1. The first kappa shape index (κ1) is 10.8. The first-order valence-corrected chi connectivity index (χ1v) is 2.50. The molecule has 0 aromatic heterocycles. The molecular weight excluding hydrogens is 118 g/mol. The third-order valence-corrected chi connectivity index (χ3v) is 0.354. The Hall–Kier alpha value is -1.12. The van der Waals surface area contributed by atoms with E-state index >= 15 is 0 Å². The lowest BCUT2D eigenvalue weighted by atomic mass is 10.5. The zero-order chi connectivity index (χ0) is 7.54. The average Bonchev–Trinajstić information content (AvgIpc) is 1.86. The van der Waals surface area contributed by atoms with Crippen molar-refractivity contribution in [2.24, 2.45) is 5.16 Å². The molecule has 0 bridgehead atoms. The van der Waals surface area contributed by atoms with Crippen molar-refractivity contribution in [1.82, 2.24) is 0 Å². The number of oxime groups is 1. The summed E-state index contributed by atoms with van der Waals surface area (Å²) in [6, 6.07) is 0. The number of hydrogen-bond donors (Lipinski definition) is 1. The first-order chi connectivity index (χ1) is 4.33. The molecule has 0 aromatic rings. The molecule has 0 atom stereocenters. The molecule has 0 saturated heterocycles. The second kappa shape index (κ2) is 15.8. The van der Waals surface area contributed by atoms with E-state index in [0.29, 0.717) is 6.42 Å². The summed E-state index contributed by atoms with van der Waals surface area (Å²) >= 11 is 0. The van der Waals surface area contributed by atoms with Crippen LogP contribution in [0.1, 0.15) is 13.3 Å². The summed E-state index contributed by atoms with van der Waals surface area (Å²) in [6.45, 7) is 4.84. The van der Waals surface area contributed by atoms with Crippen LogP contribution in [0.4, 0.5) is 0 Å². The Kier molecular flexibility index (Phi) is 18.9. The van der Waals surface area contributed by atoms with Crippen LogP contribution in [-0.2, 0) is 4.79 Å². The van der Waals surface area contributed by atoms with Gasteiger partial charge in [-0.2, -0.15) is 0 Å². The smallest absolute Gasteiger partial charge is 0.116 e. The molecule has 9 heavy (non-hydrogen) atoms. The van der Waals surface area contributed by atoms with Crippen molar-refractivity contribution in [3.8, 4) is 0 Å². The highest BCUT2D eigenvalue weighted by atomic mass is 16.4. The maximum atomic E-state index is 8.81. The van der Waals surface area contributed by atoms with Gasteiger partial charge in [-0.1, -0.05) is 6.08 Å². The third-order valence-electron chi connectivity index (χ3n) is 0.354. The number of nitrogens with zero attached hydrogens (tertiary/aromatic N) is 1. The van der Waals surface area contributed by atoms with Gasteiger partial charge in [-0.05, 0) is 6.92 Å². The summed E-state index contributed by atoms with van der Waals surface area (Å²) in [5.41, 5.74) is 0. The SMILES string of the molecule is C=CCC=NO.CC=O. The molecule has 0 heterocycles. The van der Waals surface area contributed by atoms with Gasteiger partial charge in [-0.25, -0.2) is 0 Å². The van der Waals surface area contributed by atoms with E-state index in [-0.39, 0.29) is 0 Å². The van der Waals surface area contributed by atoms with Gasteiger partial charge in [0.05, 0.1) is 0 Å². The van der Waals surface area contributed by atoms with E-state index in [1.165, 1.54) is 13.1 Å². The minimum atomic E-state index is 0.635. The van der Waals surface area contributed by atoms with Gasteiger partial charge in [0, 0.05) is 12.6 Å². The Morgan fingerprint density at radius 2 is 2.22 bits per heavy atom. The molecule has 3 heteroatoms. The molecular formula is C6H11NO2. The lowest BCUT2D eigenvalue weighted by molar-refractivity contribution is -0.106. The highest BCUT2D eigenvalue weighted by molar-refractivity contribution is 5.57. The largest absolute Gasteiger partial charge is 0.411 e. The van der Waals surface area contributed by atoms with E-state index in [4.69, 9.17) is 10.0 Å². The zero-order valence-electron chi connectivity index (χ0n) is 5.45. The fraction of sp³-hybridized carbons (Fsp3) is 0.333. The van der Waals surface area contributed by atoms with E-state index in [0.717, 1.165) is 6.29 Å². The van der Waals surface area contributed by atoms with Crippen LogP contribution in [0.3, 0.4) is 0 Å². The number of rotatable bonds is 2. The number of hydrogen-bond acceptors (Lipinski definition) is 3. The Labute approximate surface area is 54.7 Å². The Morgan fingerprint density at radius 1 is 1.78 bits per heavy atom. The van der Waals surface area contributed by atoms with Crippen LogP contribution < -0.4 is 0 Å². The van der Waals surface area contributed by atoms with Crippen molar-refractivity contribution in [3.05, 3.63) is 12.7 Å². The van der Waals surface area contributed by atoms with Crippen molar-refractivity contribution in [2.45, 2.75) is 13.3 Å². The van der Waals surface area contributed by atoms with Crippen LogP contribution in [-0.4, -0.2) is 17.7 Å². The van der Waals surface area contributed by atoms with Gasteiger partial charge >= 0.3 is 0 Å². The average molecular weight is 129 g/mol. The Morgan fingerprint density at radius 3 is 2.33 bits per heavy atom. The van der Waals surface area contributed by atoms with Crippen LogP contribution in [0, 0.1) is 0 Å². The second-order valence-electron chi connectivity index (χ2n) is 1.06. The number of aldehydes is 1. The van der Waals surface area contributed by atoms with Gasteiger partial charge in [-0.15, -0.1) is 11.7 Å². The quantitative estimate of drug-likeness (QED) is 0.200. The molecule has 0 unspecified atom stereocenters. The summed E-state index contributed by atoms with van der Waals surface area (Å²) < 4.78 is 0.